The van der Waals surface area contributed by atoms with E-state index in [1.54, 1.807) is 0 Å². The van der Waals surface area contributed by atoms with Crippen molar-refractivity contribution < 1.29 is 0 Å². The van der Waals surface area contributed by atoms with Gasteiger partial charge in [-0.25, -0.2) is 0 Å². The van der Waals surface area contributed by atoms with E-state index in [9.17, 15) is 0 Å². The first-order valence-electron chi connectivity index (χ1n) is 6.14. The van der Waals surface area contributed by atoms with Gasteiger partial charge in [-0.1, -0.05) is 27.7 Å². The van der Waals surface area contributed by atoms with Gasteiger partial charge in [-0.2, -0.15) is 5.10 Å². The van der Waals surface area contributed by atoms with Crippen molar-refractivity contribution in [3.05, 3.63) is 15.9 Å². The van der Waals surface area contributed by atoms with Gasteiger partial charge >= 0.3 is 0 Å². The Balaban J connectivity index is 2.75. The number of nitrogens with zero attached hydrogens (tertiary/aromatic N) is 2. The maximum absolute atomic E-state index is 4.44. The SMILES string of the molecule is Cc1nn(C)c(CC(C)(C)CNC(C)C)c1Br. The van der Waals surface area contributed by atoms with Crippen LogP contribution in [0.1, 0.15) is 39.1 Å². The number of aromatic nitrogens is 2. The molecule has 0 atom stereocenters. The molecule has 1 aromatic rings. The second-order valence-electron chi connectivity index (χ2n) is 5.85. The normalized spacial score (nSPS) is 12.5. The molecule has 17 heavy (non-hydrogen) atoms. The average Bonchev–Trinajstić information content (AvgIpc) is 2.42. The fourth-order valence-corrected chi connectivity index (χ4v) is 2.34. The van der Waals surface area contributed by atoms with Gasteiger partial charge in [-0.05, 0) is 34.7 Å². The van der Waals surface area contributed by atoms with Gasteiger partial charge in [0.15, 0.2) is 0 Å². The topological polar surface area (TPSA) is 29.9 Å². The van der Waals surface area contributed by atoms with Crippen LogP contribution in [0.25, 0.3) is 0 Å². The molecule has 0 aromatic carbocycles. The predicted octanol–water partition coefficient (Wildman–Crippen LogP) is 3.06. The minimum absolute atomic E-state index is 0.229. The lowest BCUT2D eigenvalue weighted by atomic mass is 9.87. The van der Waals surface area contributed by atoms with Gasteiger partial charge in [-0.15, -0.1) is 0 Å². The Morgan fingerprint density at radius 2 is 2.00 bits per heavy atom. The summed E-state index contributed by atoms with van der Waals surface area (Å²) >= 11 is 3.63. The molecule has 0 radical (unpaired) electrons. The van der Waals surface area contributed by atoms with Crippen LogP contribution in [0.4, 0.5) is 0 Å². The van der Waals surface area contributed by atoms with E-state index in [1.165, 1.54) is 5.69 Å². The minimum Gasteiger partial charge on any atom is -0.314 e. The third-order valence-electron chi connectivity index (χ3n) is 2.90. The van der Waals surface area contributed by atoms with Crippen LogP contribution in [-0.4, -0.2) is 22.4 Å². The van der Waals surface area contributed by atoms with Crippen molar-refractivity contribution in [3.63, 3.8) is 0 Å². The van der Waals surface area contributed by atoms with E-state index in [0.29, 0.717) is 6.04 Å². The monoisotopic (exact) mass is 301 g/mol. The third kappa shape index (κ3) is 4.11. The molecule has 1 rings (SSSR count). The summed E-state index contributed by atoms with van der Waals surface area (Å²) in [6.07, 6.45) is 1.02. The van der Waals surface area contributed by atoms with Gasteiger partial charge in [0, 0.05) is 19.6 Å². The molecule has 0 amide bonds. The maximum atomic E-state index is 4.44. The molecule has 0 aliphatic heterocycles. The van der Waals surface area contributed by atoms with Gasteiger partial charge in [0.05, 0.1) is 15.9 Å². The molecule has 98 valence electrons. The fraction of sp³-hybridized carbons (Fsp3) is 0.769. The zero-order valence-electron chi connectivity index (χ0n) is 11.8. The first-order chi connectivity index (χ1) is 7.73. The summed E-state index contributed by atoms with van der Waals surface area (Å²) in [7, 11) is 2.01. The summed E-state index contributed by atoms with van der Waals surface area (Å²) in [4.78, 5) is 0. The molecule has 0 aliphatic carbocycles. The van der Waals surface area contributed by atoms with Crippen molar-refractivity contribution in [1.82, 2.24) is 15.1 Å². The molecular formula is C13H24BrN3. The second kappa shape index (κ2) is 5.53. The van der Waals surface area contributed by atoms with Gasteiger partial charge in [0.2, 0.25) is 0 Å². The lowest BCUT2D eigenvalue weighted by Crippen LogP contribution is -2.35. The van der Waals surface area contributed by atoms with Crippen LogP contribution in [-0.2, 0) is 13.5 Å². The van der Waals surface area contributed by atoms with Crippen molar-refractivity contribution in [2.24, 2.45) is 12.5 Å². The predicted molar refractivity (Wildman–Crippen MR) is 76.3 cm³/mol. The van der Waals surface area contributed by atoms with Crippen LogP contribution in [0.2, 0.25) is 0 Å². The molecule has 1 heterocycles. The molecule has 1 aromatic heterocycles. The number of aryl methyl sites for hydroxylation is 2. The zero-order chi connectivity index (χ0) is 13.2. The number of halogens is 1. The molecule has 0 unspecified atom stereocenters. The Morgan fingerprint density at radius 1 is 1.41 bits per heavy atom. The fourth-order valence-electron chi connectivity index (χ4n) is 1.87. The van der Waals surface area contributed by atoms with E-state index in [1.807, 2.05) is 18.7 Å². The van der Waals surface area contributed by atoms with Crippen LogP contribution < -0.4 is 5.32 Å². The van der Waals surface area contributed by atoms with Crippen molar-refractivity contribution in [2.45, 2.75) is 47.1 Å². The van der Waals surface area contributed by atoms with Crippen LogP contribution in [0.5, 0.6) is 0 Å². The third-order valence-corrected chi connectivity index (χ3v) is 3.93. The lowest BCUT2D eigenvalue weighted by molar-refractivity contribution is 0.318. The van der Waals surface area contributed by atoms with Crippen molar-refractivity contribution in [1.29, 1.82) is 0 Å². The summed E-state index contributed by atoms with van der Waals surface area (Å²) < 4.78 is 3.13. The lowest BCUT2D eigenvalue weighted by Gasteiger charge is -2.26. The minimum atomic E-state index is 0.229. The molecule has 0 aliphatic rings. The quantitative estimate of drug-likeness (QED) is 0.906. The summed E-state index contributed by atoms with van der Waals surface area (Å²) in [5, 5.41) is 7.95. The highest BCUT2D eigenvalue weighted by molar-refractivity contribution is 9.10. The maximum Gasteiger partial charge on any atom is 0.0738 e. The van der Waals surface area contributed by atoms with E-state index in [4.69, 9.17) is 0 Å². The van der Waals surface area contributed by atoms with Gasteiger partial charge in [0.1, 0.15) is 0 Å². The van der Waals surface area contributed by atoms with E-state index < -0.39 is 0 Å². The highest BCUT2D eigenvalue weighted by Gasteiger charge is 2.23. The van der Waals surface area contributed by atoms with Crippen molar-refractivity contribution in [3.8, 4) is 0 Å². The molecule has 0 fully saturated rings. The van der Waals surface area contributed by atoms with Gasteiger partial charge in [-0.3, -0.25) is 4.68 Å². The standard InChI is InChI=1S/C13H24BrN3/c1-9(2)15-8-13(4,5)7-11-12(14)10(3)16-17(11)6/h9,15H,7-8H2,1-6H3. The molecule has 0 bridgehead atoms. The summed E-state index contributed by atoms with van der Waals surface area (Å²) in [6, 6.07) is 0.533. The molecule has 0 spiro atoms. The highest BCUT2D eigenvalue weighted by atomic mass is 79.9. The zero-order valence-corrected chi connectivity index (χ0v) is 13.3. The summed E-state index contributed by atoms with van der Waals surface area (Å²) in [5.41, 5.74) is 2.57. The largest absolute Gasteiger partial charge is 0.314 e. The van der Waals surface area contributed by atoms with Crippen LogP contribution >= 0.6 is 15.9 Å². The molecule has 0 saturated heterocycles. The molecule has 1 N–H and O–H groups in total. The van der Waals surface area contributed by atoms with E-state index in [2.05, 4.69) is 54.0 Å². The first kappa shape index (κ1) is 14.7. The molecular weight excluding hydrogens is 278 g/mol. The van der Waals surface area contributed by atoms with Crippen LogP contribution in [0.3, 0.4) is 0 Å². The summed E-state index contributed by atoms with van der Waals surface area (Å²) in [6.45, 7) is 12.0. The number of hydrogen-bond acceptors (Lipinski definition) is 2. The Labute approximate surface area is 113 Å². The van der Waals surface area contributed by atoms with Gasteiger partial charge in [0.25, 0.3) is 0 Å². The molecule has 3 nitrogen and oxygen atoms in total. The van der Waals surface area contributed by atoms with Crippen molar-refractivity contribution in [2.75, 3.05) is 6.54 Å². The smallest absolute Gasteiger partial charge is 0.0738 e. The number of rotatable bonds is 5. The van der Waals surface area contributed by atoms with Crippen molar-refractivity contribution >= 4 is 15.9 Å². The highest BCUT2D eigenvalue weighted by Crippen LogP contribution is 2.28. The Bertz CT molecular complexity index is 380. The number of nitrogens with one attached hydrogen (secondary N) is 1. The Morgan fingerprint density at radius 3 is 2.41 bits per heavy atom. The van der Waals surface area contributed by atoms with Crippen LogP contribution in [0.15, 0.2) is 4.47 Å². The van der Waals surface area contributed by atoms with E-state index in [0.717, 1.165) is 23.1 Å². The number of hydrogen-bond donors (Lipinski definition) is 1. The Kier molecular flexibility index (Phi) is 4.78. The molecule has 0 saturated carbocycles. The van der Waals surface area contributed by atoms with Gasteiger partial charge < -0.3 is 5.32 Å². The second-order valence-corrected chi connectivity index (χ2v) is 6.64. The summed E-state index contributed by atoms with van der Waals surface area (Å²) in [5.74, 6) is 0. The van der Waals surface area contributed by atoms with Crippen LogP contribution in [0, 0.1) is 12.3 Å². The van der Waals surface area contributed by atoms with E-state index in [-0.39, 0.29) is 5.41 Å². The van der Waals surface area contributed by atoms with E-state index >= 15 is 0 Å². The average molecular weight is 302 g/mol. The molecule has 4 heteroatoms. The first-order valence-corrected chi connectivity index (χ1v) is 6.93. The Hall–Kier alpha value is -0.350.